The van der Waals surface area contributed by atoms with Crippen molar-refractivity contribution >= 4 is 11.1 Å². The molecule has 176 valence electrons. The van der Waals surface area contributed by atoms with Crippen LogP contribution in [0.5, 0.6) is 11.5 Å². The zero-order chi connectivity index (χ0) is 27.3. The van der Waals surface area contributed by atoms with Crippen LogP contribution in [0, 0.1) is 0 Å². The van der Waals surface area contributed by atoms with E-state index in [1.807, 2.05) is 53.7 Å². The first-order valence-electron chi connectivity index (χ1n) is 13.8. The molecule has 4 nitrogen and oxygen atoms in total. The normalized spacial score (nSPS) is 15.2. The van der Waals surface area contributed by atoms with Crippen LogP contribution in [0.25, 0.3) is 11.1 Å². The Hall–Kier alpha value is -2.30. The van der Waals surface area contributed by atoms with Gasteiger partial charge in [-0.1, -0.05) is 53.7 Å². The van der Waals surface area contributed by atoms with Crippen molar-refractivity contribution in [2.45, 2.75) is 67.4 Å². The fourth-order valence-electron chi connectivity index (χ4n) is 3.91. The molecule has 2 rings (SSSR count). The monoisotopic (exact) mass is 442 g/mol. The molecule has 2 aromatic rings. The highest BCUT2D eigenvalue weighted by Gasteiger charge is 2.15. The number of hydrogen-bond donors (Lipinski definition) is 2. The first-order valence-corrected chi connectivity index (χ1v) is 11.8. The highest BCUT2D eigenvalue weighted by Crippen LogP contribution is 2.35. The van der Waals surface area contributed by atoms with Gasteiger partial charge in [0.15, 0.2) is 0 Å². The lowest BCUT2D eigenvalue weighted by atomic mass is 9.89. The number of phenols is 2. The second-order valence-corrected chi connectivity index (χ2v) is 7.70. The van der Waals surface area contributed by atoms with Crippen LogP contribution in [0.1, 0.15) is 82.1 Å². The molecule has 0 aliphatic carbocycles. The fourth-order valence-corrected chi connectivity index (χ4v) is 3.91. The van der Waals surface area contributed by atoms with Gasteiger partial charge in [-0.3, -0.25) is 9.80 Å². The van der Waals surface area contributed by atoms with Crippen molar-refractivity contribution in [3.05, 3.63) is 58.7 Å². The highest BCUT2D eigenvalue weighted by atomic mass is 16.3. The minimum Gasteiger partial charge on any atom is -0.508 e. The van der Waals surface area contributed by atoms with Gasteiger partial charge in [0, 0.05) is 29.6 Å². The molecule has 0 spiro atoms. The summed E-state index contributed by atoms with van der Waals surface area (Å²) in [6.45, 7) is 10.0. The van der Waals surface area contributed by atoms with Crippen molar-refractivity contribution in [2.75, 3.05) is 26.2 Å². The van der Waals surface area contributed by atoms with Gasteiger partial charge in [0.1, 0.15) is 11.5 Å². The Bertz CT molecular complexity index is 978. The molecular weight excluding hydrogens is 396 g/mol. The molecule has 0 unspecified atom stereocenters. The van der Waals surface area contributed by atoms with Crippen LogP contribution in [-0.4, -0.2) is 46.2 Å². The number of benzene rings is 2. The van der Waals surface area contributed by atoms with E-state index in [0.29, 0.717) is 39.0 Å². The fraction of sp³-hybridized carbons (Fsp3) is 0.500. The summed E-state index contributed by atoms with van der Waals surface area (Å²) in [5, 5.41) is 21.2. The molecule has 0 radical (unpaired) electrons. The van der Waals surface area contributed by atoms with Gasteiger partial charge in [-0.05, 0) is 85.6 Å². The smallest absolute Gasteiger partial charge is 0.120 e. The molecule has 2 N–H and O–H groups in total. The molecule has 0 amide bonds. The summed E-state index contributed by atoms with van der Waals surface area (Å²) in [4.78, 5) is 3.34. The number of allylic oxidation sites excluding steroid dienone is 2. The molecule has 0 atom stereocenters. The Labute approximate surface area is 200 Å². The summed E-state index contributed by atoms with van der Waals surface area (Å²) in [6.07, 6.45) is 1.33. The van der Waals surface area contributed by atoms with Crippen molar-refractivity contribution in [3.8, 4) is 11.5 Å². The molecule has 0 heterocycles. The third-order valence-electron chi connectivity index (χ3n) is 5.85. The van der Waals surface area contributed by atoms with Gasteiger partial charge in [0.2, 0.25) is 0 Å². The van der Waals surface area contributed by atoms with Crippen LogP contribution in [0.15, 0.2) is 36.4 Å². The Morgan fingerprint density at radius 2 is 1.00 bits per heavy atom. The number of phenolic OH excluding ortho intramolecular Hbond substituents is 2. The second-order valence-electron chi connectivity index (χ2n) is 7.70. The lowest BCUT2D eigenvalue weighted by molar-refractivity contribution is 0.291. The summed E-state index contributed by atoms with van der Waals surface area (Å²) < 4.78 is 34.9. The molecule has 2 aromatic carbocycles. The van der Waals surface area contributed by atoms with Gasteiger partial charge in [-0.25, -0.2) is 0 Å². The average Bonchev–Trinajstić information content (AvgIpc) is 2.84. The Balaban J connectivity index is 2.73. The number of aromatic hydroxyl groups is 2. The van der Waals surface area contributed by atoms with Gasteiger partial charge in [-0.2, -0.15) is 0 Å². The topological polar surface area (TPSA) is 46.9 Å². The van der Waals surface area contributed by atoms with Crippen LogP contribution in [-0.2, 0) is 13.0 Å². The van der Waals surface area contributed by atoms with Gasteiger partial charge in [0.25, 0.3) is 0 Å². The van der Waals surface area contributed by atoms with Crippen molar-refractivity contribution in [3.63, 3.8) is 0 Å². The van der Waals surface area contributed by atoms with Gasteiger partial charge >= 0.3 is 0 Å². The maximum Gasteiger partial charge on any atom is 0.120 e. The minimum atomic E-state index is -1.83. The molecule has 0 saturated heterocycles. The summed E-state index contributed by atoms with van der Waals surface area (Å²) >= 11 is 0. The van der Waals surface area contributed by atoms with Crippen molar-refractivity contribution in [1.29, 1.82) is 0 Å². The SMILES string of the molecule is [2H]C([2H])(c1cc(/C(CC)=C(\CC)c2ccc(O)c(C([2H])([2H])N(CC)CC)c2)ccc1O)N(CC)CC. The first-order chi connectivity index (χ1) is 16.9. The van der Waals surface area contributed by atoms with Crippen LogP contribution < -0.4 is 0 Å². The summed E-state index contributed by atoms with van der Waals surface area (Å²) in [6, 6.07) is 10.2. The van der Waals surface area contributed by atoms with E-state index in [1.54, 1.807) is 34.1 Å². The van der Waals surface area contributed by atoms with Gasteiger partial charge in [-0.15, -0.1) is 0 Å². The summed E-state index contributed by atoms with van der Waals surface area (Å²) in [5.41, 5.74) is 4.09. The van der Waals surface area contributed by atoms with Crippen molar-refractivity contribution in [2.24, 2.45) is 0 Å². The molecule has 0 aliphatic heterocycles. The number of hydrogen-bond acceptors (Lipinski definition) is 4. The largest absolute Gasteiger partial charge is 0.508 e. The van der Waals surface area contributed by atoms with E-state index in [9.17, 15) is 10.2 Å². The highest BCUT2D eigenvalue weighted by molar-refractivity contribution is 5.91. The van der Waals surface area contributed by atoms with Crippen LogP contribution in [0.3, 0.4) is 0 Å². The van der Waals surface area contributed by atoms with E-state index < -0.39 is 13.0 Å². The average molecular weight is 443 g/mol. The second kappa shape index (κ2) is 12.7. The zero-order valence-electron chi connectivity index (χ0n) is 24.5. The lowest BCUT2D eigenvalue weighted by Gasteiger charge is -2.21. The Morgan fingerprint density at radius 3 is 1.28 bits per heavy atom. The molecule has 32 heavy (non-hydrogen) atoms. The third kappa shape index (κ3) is 6.36. The minimum absolute atomic E-state index is 0.0801. The van der Waals surface area contributed by atoms with E-state index in [2.05, 4.69) is 0 Å². The molecule has 0 fully saturated rings. The Morgan fingerprint density at radius 1 is 0.656 bits per heavy atom. The van der Waals surface area contributed by atoms with E-state index in [1.165, 1.54) is 0 Å². The van der Waals surface area contributed by atoms with Gasteiger partial charge < -0.3 is 10.2 Å². The number of nitrogens with zero attached hydrogens (tertiary/aromatic N) is 2. The van der Waals surface area contributed by atoms with Crippen molar-refractivity contribution in [1.82, 2.24) is 9.80 Å². The maximum atomic E-state index is 10.6. The van der Waals surface area contributed by atoms with Crippen molar-refractivity contribution < 1.29 is 15.7 Å². The molecular formula is C28H42N2O2. The third-order valence-corrected chi connectivity index (χ3v) is 5.85. The van der Waals surface area contributed by atoms with Crippen LogP contribution in [0.4, 0.5) is 0 Å². The molecule has 0 bridgehead atoms. The molecule has 0 aliphatic rings. The predicted molar refractivity (Wildman–Crippen MR) is 137 cm³/mol. The predicted octanol–water partition coefficient (Wildman–Crippen LogP) is 6.51. The van der Waals surface area contributed by atoms with E-state index in [0.717, 1.165) is 22.3 Å². The van der Waals surface area contributed by atoms with Gasteiger partial charge in [0.05, 0.1) is 0 Å². The van der Waals surface area contributed by atoms with E-state index in [-0.39, 0.29) is 22.6 Å². The molecule has 4 heteroatoms. The number of rotatable bonds is 12. The maximum absolute atomic E-state index is 10.6. The first kappa shape index (κ1) is 20.3. The van der Waals surface area contributed by atoms with E-state index >= 15 is 0 Å². The molecule has 0 saturated carbocycles. The summed E-state index contributed by atoms with van der Waals surface area (Å²) in [5.74, 6) is -0.160. The Kier molecular flexibility index (Phi) is 8.04. The molecule has 0 aromatic heterocycles. The van der Waals surface area contributed by atoms with Crippen LogP contribution in [0.2, 0.25) is 0 Å². The quantitative estimate of drug-likeness (QED) is 0.368. The zero-order valence-corrected chi connectivity index (χ0v) is 20.5. The standard InChI is InChI=1S/C28H42N2O2/c1-7-25(21-13-15-27(31)23(17-21)19-29(9-3)10-4)26(8-2)22-14-16-28(32)24(18-22)20-30(11-5)12-6/h13-18,31-32H,7-12,19-20H2,1-6H3/b26-25+/i19D2,20D2. The van der Waals surface area contributed by atoms with E-state index in [4.69, 9.17) is 5.48 Å². The lowest BCUT2D eigenvalue weighted by Crippen LogP contribution is -2.22. The summed E-state index contributed by atoms with van der Waals surface area (Å²) in [7, 11) is 0. The van der Waals surface area contributed by atoms with Crippen LogP contribution >= 0.6 is 0 Å².